The van der Waals surface area contributed by atoms with Gasteiger partial charge in [-0.1, -0.05) is 0 Å². The lowest BCUT2D eigenvalue weighted by atomic mass is 9.98. The van der Waals surface area contributed by atoms with Crippen molar-refractivity contribution in [1.82, 2.24) is 4.90 Å². The van der Waals surface area contributed by atoms with Crippen LogP contribution in [0.5, 0.6) is 5.75 Å². The molecule has 5 heteroatoms. The second-order valence-electron chi connectivity index (χ2n) is 5.17. The highest BCUT2D eigenvalue weighted by molar-refractivity contribution is 5.95. The van der Waals surface area contributed by atoms with Gasteiger partial charge in [0.25, 0.3) is 5.91 Å². The van der Waals surface area contributed by atoms with Gasteiger partial charge >= 0.3 is 0 Å². The summed E-state index contributed by atoms with van der Waals surface area (Å²) >= 11 is 0. The number of carbonyl (C=O) groups is 1. The van der Waals surface area contributed by atoms with Crippen LogP contribution in [0.25, 0.3) is 0 Å². The van der Waals surface area contributed by atoms with Gasteiger partial charge in [0.05, 0.1) is 6.61 Å². The summed E-state index contributed by atoms with van der Waals surface area (Å²) in [4.78, 5) is 14.3. The van der Waals surface area contributed by atoms with Crippen molar-refractivity contribution < 1.29 is 14.6 Å². The van der Waals surface area contributed by atoms with Crippen molar-refractivity contribution in [2.45, 2.75) is 19.8 Å². The quantitative estimate of drug-likeness (QED) is 0.819. The van der Waals surface area contributed by atoms with Gasteiger partial charge < -0.3 is 20.5 Å². The zero-order valence-electron chi connectivity index (χ0n) is 11.8. The van der Waals surface area contributed by atoms with Crippen LogP contribution in [0.3, 0.4) is 0 Å². The van der Waals surface area contributed by atoms with Gasteiger partial charge in [-0.3, -0.25) is 4.79 Å². The number of rotatable bonds is 4. The largest absolute Gasteiger partial charge is 0.494 e. The minimum Gasteiger partial charge on any atom is -0.494 e. The molecule has 1 unspecified atom stereocenters. The van der Waals surface area contributed by atoms with E-state index in [0.29, 0.717) is 30.2 Å². The molecule has 1 fully saturated rings. The zero-order chi connectivity index (χ0) is 14.5. The highest BCUT2D eigenvalue weighted by atomic mass is 16.5. The normalized spacial score (nSPS) is 18.9. The van der Waals surface area contributed by atoms with Crippen LogP contribution in [-0.4, -0.2) is 42.2 Å². The van der Waals surface area contributed by atoms with Crippen molar-refractivity contribution in [2.75, 3.05) is 32.0 Å². The van der Waals surface area contributed by atoms with Crippen molar-refractivity contribution >= 4 is 11.6 Å². The fraction of sp³-hybridized carbons (Fsp3) is 0.533. The number of ether oxygens (including phenoxy) is 1. The second-order valence-corrected chi connectivity index (χ2v) is 5.17. The Morgan fingerprint density at radius 3 is 3.00 bits per heavy atom. The molecule has 1 aromatic carbocycles. The average molecular weight is 278 g/mol. The van der Waals surface area contributed by atoms with E-state index < -0.39 is 0 Å². The molecule has 1 saturated heterocycles. The molecule has 1 aromatic rings. The van der Waals surface area contributed by atoms with E-state index in [2.05, 4.69) is 0 Å². The summed E-state index contributed by atoms with van der Waals surface area (Å²) in [5, 5.41) is 9.24. The number of piperidine rings is 1. The van der Waals surface area contributed by atoms with Gasteiger partial charge in [0, 0.05) is 37.0 Å². The number of likely N-dealkylation sites (tertiary alicyclic amines) is 1. The van der Waals surface area contributed by atoms with E-state index in [9.17, 15) is 9.90 Å². The van der Waals surface area contributed by atoms with E-state index in [0.717, 1.165) is 19.4 Å². The Morgan fingerprint density at radius 2 is 2.30 bits per heavy atom. The molecule has 0 aliphatic carbocycles. The Labute approximate surface area is 119 Å². The van der Waals surface area contributed by atoms with E-state index in [1.165, 1.54) is 0 Å². The minimum absolute atomic E-state index is 0.0450. The number of anilines is 1. The molecule has 1 heterocycles. The molecular formula is C15H22N2O3. The van der Waals surface area contributed by atoms with Crippen LogP contribution < -0.4 is 10.5 Å². The number of carbonyl (C=O) groups excluding carboxylic acids is 1. The van der Waals surface area contributed by atoms with E-state index in [-0.39, 0.29) is 18.4 Å². The first-order chi connectivity index (χ1) is 9.63. The maximum absolute atomic E-state index is 12.5. The summed E-state index contributed by atoms with van der Waals surface area (Å²) in [6.07, 6.45) is 1.90. The summed E-state index contributed by atoms with van der Waals surface area (Å²) in [5.74, 6) is 0.753. The number of aliphatic hydroxyl groups is 1. The van der Waals surface area contributed by atoms with Crippen LogP contribution in [0.2, 0.25) is 0 Å². The molecule has 3 N–H and O–H groups in total. The van der Waals surface area contributed by atoms with Crippen LogP contribution in [0.4, 0.5) is 5.69 Å². The third-order valence-corrected chi connectivity index (χ3v) is 3.55. The van der Waals surface area contributed by atoms with Crippen molar-refractivity contribution in [1.29, 1.82) is 0 Å². The Balaban J connectivity index is 2.15. The molecule has 0 aromatic heterocycles. The molecule has 0 spiro atoms. The third-order valence-electron chi connectivity index (χ3n) is 3.55. The standard InChI is InChI=1S/C15H22N2O3/c1-2-20-14-7-12(6-13(16)8-14)15(19)17-5-3-4-11(9-17)10-18/h6-8,11,18H,2-5,9-10,16H2,1H3. The molecule has 0 bridgehead atoms. The van der Waals surface area contributed by atoms with E-state index in [1.807, 2.05) is 6.92 Å². The summed E-state index contributed by atoms with van der Waals surface area (Å²) < 4.78 is 5.42. The molecule has 2 rings (SSSR count). The Hall–Kier alpha value is -1.75. The number of aliphatic hydroxyl groups excluding tert-OH is 1. The number of benzene rings is 1. The van der Waals surface area contributed by atoms with Crippen LogP contribution in [0.1, 0.15) is 30.1 Å². The fourth-order valence-electron chi connectivity index (χ4n) is 2.58. The average Bonchev–Trinajstić information content (AvgIpc) is 2.46. The van der Waals surface area contributed by atoms with Crippen molar-refractivity contribution in [3.05, 3.63) is 23.8 Å². The number of nitrogens with two attached hydrogens (primary N) is 1. The lowest BCUT2D eigenvalue weighted by molar-refractivity contribution is 0.0620. The van der Waals surface area contributed by atoms with Gasteiger partial charge in [-0.25, -0.2) is 0 Å². The number of hydrogen-bond acceptors (Lipinski definition) is 4. The second kappa shape index (κ2) is 6.61. The molecule has 1 aliphatic rings. The van der Waals surface area contributed by atoms with Crippen molar-refractivity contribution in [3.63, 3.8) is 0 Å². The fourth-order valence-corrected chi connectivity index (χ4v) is 2.58. The molecule has 20 heavy (non-hydrogen) atoms. The molecular weight excluding hydrogens is 256 g/mol. The first kappa shape index (κ1) is 14.7. The number of nitrogens with zero attached hydrogens (tertiary/aromatic N) is 1. The van der Waals surface area contributed by atoms with Crippen LogP contribution in [-0.2, 0) is 0 Å². The number of nitrogen functional groups attached to an aromatic ring is 1. The van der Waals surface area contributed by atoms with Crippen molar-refractivity contribution in [3.8, 4) is 5.75 Å². The van der Waals surface area contributed by atoms with Gasteiger partial charge in [-0.2, -0.15) is 0 Å². The van der Waals surface area contributed by atoms with Crippen LogP contribution in [0.15, 0.2) is 18.2 Å². The van der Waals surface area contributed by atoms with Gasteiger partial charge in [0.1, 0.15) is 5.75 Å². The Kier molecular flexibility index (Phi) is 4.84. The first-order valence-corrected chi connectivity index (χ1v) is 7.07. The monoisotopic (exact) mass is 278 g/mol. The molecule has 110 valence electrons. The van der Waals surface area contributed by atoms with Crippen molar-refractivity contribution in [2.24, 2.45) is 5.92 Å². The minimum atomic E-state index is -0.0450. The van der Waals surface area contributed by atoms with Crippen LogP contribution in [0, 0.1) is 5.92 Å². The smallest absolute Gasteiger partial charge is 0.254 e. The SMILES string of the molecule is CCOc1cc(N)cc(C(=O)N2CCCC(CO)C2)c1. The summed E-state index contributed by atoms with van der Waals surface area (Å²) in [6, 6.07) is 5.12. The molecule has 1 amide bonds. The number of amides is 1. The third kappa shape index (κ3) is 3.42. The van der Waals surface area contributed by atoms with E-state index in [1.54, 1.807) is 23.1 Å². The maximum Gasteiger partial charge on any atom is 0.254 e. The first-order valence-electron chi connectivity index (χ1n) is 7.07. The van der Waals surface area contributed by atoms with Gasteiger partial charge in [0.15, 0.2) is 0 Å². The molecule has 0 saturated carbocycles. The van der Waals surface area contributed by atoms with Crippen LogP contribution >= 0.6 is 0 Å². The number of hydrogen-bond donors (Lipinski definition) is 2. The van der Waals surface area contributed by atoms with E-state index in [4.69, 9.17) is 10.5 Å². The Morgan fingerprint density at radius 1 is 1.50 bits per heavy atom. The summed E-state index contributed by atoms with van der Waals surface area (Å²) in [6.45, 7) is 3.89. The van der Waals surface area contributed by atoms with Gasteiger partial charge in [0.2, 0.25) is 0 Å². The van der Waals surface area contributed by atoms with E-state index >= 15 is 0 Å². The molecule has 1 aliphatic heterocycles. The highest BCUT2D eigenvalue weighted by Gasteiger charge is 2.24. The van der Waals surface area contributed by atoms with Gasteiger partial charge in [-0.15, -0.1) is 0 Å². The lowest BCUT2D eigenvalue weighted by Gasteiger charge is -2.32. The Bertz CT molecular complexity index is 476. The highest BCUT2D eigenvalue weighted by Crippen LogP contribution is 2.23. The molecule has 0 radical (unpaired) electrons. The predicted octanol–water partition coefficient (Wildman–Crippen LogP) is 1.51. The van der Waals surface area contributed by atoms with Gasteiger partial charge in [-0.05, 0) is 37.8 Å². The molecule has 5 nitrogen and oxygen atoms in total. The topological polar surface area (TPSA) is 75.8 Å². The maximum atomic E-state index is 12.5. The molecule has 1 atom stereocenters. The zero-order valence-corrected chi connectivity index (χ0v) is 11.8. The predicted molar refractivity (Wildman–Crippen MR) is 77.7 cm³/mol. The lowest BCUT2D eigenvalue weighted by Crippen LogP contribution is -2.40. The summed E-state index contributed by atoms with van der Waals surface area (Å²) in [5.41, 5.74) is 6.89. The summed E-state index contributed by atoms with van der Waals surface area (Å²) in [7, 11) is 0.